The zero-order valence-electron chi connectivity index (χ0n) is 15.7. The molecule has 3 heterocycles. The first-order valence-corrected chi connectivity index (χ1v) is 9.40. The van der Waals surface area contributed by atoms with E-state index >= 15 is 0 Å². The van der Waals surface area contributed by atoms with Crippen LogP contribution in [0.15, 0.2) is 48.5 Å². The summed E-state index contributed by atoms with van der Waals surface area (Å²) in [6.07, 6.45) is 1.95. The summed E-state index contributed by atoms with van der Waals surface area (Å²) >= 11 is 0. The molecular formula is C23H23N2O2+. The minimum atomic E-state index is 0.782. The molecule has 2 aliphatic heterocycles. The van der Waals surface area contributed by atoms with E-state index in [0.717, 1.165) is 37.4 Å². The summed E-state index contributed by atoms with van der Waals surface area (Å²) in [5.41, 5.74) is 9.22. The summed E-state index contributed by atoms with van der Waals surface area (Å²) in [5, 5.41) is 0. The number of aryl methyl sites for hydroxylation is 1. The quantitative estimate of drug-likeness (QED) is 0.780. The largest absolute Gasteiger partial charge is 0.493 e. The second-order valence-electron chi connectivity index (χ2n) is 7.15. The molecule has 1 aromatic heterocycles. The van der Waals surface area contributed by atoms with Gasteiger partial charge in [0.1, 0.15) is 5.69 Å². The molecule has 0 aliphatic carbocycles. The lowest BCUT2D eigenvalue weighted by Gasteiger charge is -2.23. The van der Waals surface area contributed by atoms with Crippen molar-refractivity contribution in [3.63, 3.8) is 0 Å². The van der Waals surface area contributed by atoms with E-state index < -0.39 is 0 Å². The number of hydrogen-bond acceptors (Lipinski definition) is 2. The van der Waals surface area contributed by atoms with E-state index in [-0.39, 0.29) is 0 Å². The van der Waals surface area contributed by atoms with Crippen molar-refractivity contribution < 1.29 is 14.5 Å². The van der Waals surface area contributed by atoms with E-state index in [1.54, 1.807) is 14.2 Å². The monoisotopic (exact) mass is 359 g/mol. The molecule has 3 aromatic rings. The topological polar surface area (TPSA) is 37.4 Å². The van der Waals surface area contributed by atoms with Crippen molar-refractivity contribution in [2.75, 3.05) is 14.2 Å². The van der Waals surface area contributed by atoms with Gasteiger partial charge in [-0.2, -0.15) is 0 Å². The van der Waals surface area contributed by atoms with Gasteiger partial charge in [-0.15, -0.1) is 0 Å². The van der Waals surface area contributed by atoms with E-state index in [1.165, 1.54) is 39.4 Å². The highest BCUT2D eigenvalue weighted by molar-refractivity contribution is 5.98. The fourth-order valence-electron chi connectivity index (χ4n) is 4.34. The number of ether oxygens (including phenoxy) is 2. The molecule has 27 heavy (non-hydrogen) atoms. The third kappa shape index (κ3) is 2.55. The molecule has 2 aliphatic rings. The van der Waals surface area contributed by atoms with Gasteiger partial charge in [-0.3, -0.25) is 0 Å². The van der Waals surface area contributed by atoms with Crippen molar-refractivity contribution in [1.82, 2.24) is 4.57 Å². The molecule has 136 valence electrons. The third-order valence-electron chi connectivity index (χ3n) is 5.76. The standard InChI is InChI=1S/C23H22N2O2/c1-26-22-12-16-9-10-25-20(18(16)13-23(22)27-2)7-8-21(25)19-11-15-5-3-4-6-17(15)14-24-19/h3-8,12-13H,9-11,14H2,1-2H3/p+1. The van der Waals surface area contributed by atoms with Gasteiger partial charge in [0.05, 0.1) is 20.6 Å². The first kappa shape index (κ1) is 16.2. The van der Waals surface area contributed by atoms with Gasteiger partial charge >= 0.3 is 0 Å². The van der Waals surface area contributed by atoms with Crippen LogP contribution < -0.4 is 14.5 Å². The van der Waals surface area contributed by atoms with E-state index in [4.69, 9.17) is 9.47 Å². The normalized spacial score (nSPS) is 14.7. The number of aromatic nitrogens is 1. The Balaban J connectivity index is 1.56. The molecule has 0 fully saturated rings. The minimum absolute atomic E-state index is 0.782. The maximum atomic E-state index is 5.53. The maximum Gasteiger partial charge on any atom is 0.203 e. The summed E-state index contributed by atoms with van der Waals surface area (Å²) < 4.78 is 13.4. The molecule has 0 radical (unpaired) electrons. The van der Waals surface area contributed by atoms with E-state index in [2.05, 4.69) is 58.1 Å². The van der Waals surface area contributed by atoms with Gasteiger partial charge < -0.3 is 14.0 Å². The van der Waals surface area contributed by atoms with Crippen LogP contribution in [0.2, 0.25) is 0 Å². The molecule has 1 N–H and O–H groups in total. The van der Waals surface area contributed by atoms with Crippen molar-refractivity contribution in [2.24, 2.45) is 0 Å². The zero-order chi connectivity index (χ0) is 18.4. The van der Waals surface area contributed by atoms with Crippen LogP contribution in [0.3, 0.4) is 0 Å². The summed E-state index contributed by atoms with van der Waals surface area (Å²) in [7, 11) is 3.38. The Morgan fingerprint density at radius 2 is 1.59 bits per heavy atom. The third-order valence-corrected chi connectivity index (χ3v) is 5.76. The van der Waals surface area contributed by atoms with Gasteiger partial charge in [-0.05, 0) is 41.8 Å². The van der Waals surface area contributed by atoms with Crippen molar-refractivity contribution in [2.45, 2.75) is 25.9 Å². The Kier molecular flexibility index (Phi) is 3.78. The summed E-state index contributed by atoms with van der Waals surface area (Å²) in [6, 6.07) is 17.4. The minimum Gasteiger partial charge on any atom is -0.493 e. The van der Waals surface area contributed by atoms with Crippen molar-refractivity contribution in [1.29, 1.82) is 0 Å². The zero-order valence-corrected chi connectivity index (χ0v) is 15.7. The van der Waals surface area contributed by atoms with Crippen LogP contribution in [-0.4, -0.2) is 24.5 Å². The number of hydrogen-bond donors (Lipinski definition) is 1. The lowest BCUT2D eigenvalue weighted by Crippen LogP contribution is -2.74. The smallest absolute Gasteiger partial charge is 0.203 e. The molecule has 0 spiro atoms. The Labute approximate surface area is 159 Å². The number of methoxy groups -OCH3 is 2. The van der Waals surface area contributed by atoms with Gasteiger partial charge in [0.2, 0.25) is 5.71 Å². The lowest BCUT2D eigenvalue weighted by molar-refractivity contribution is -0.478. The average molecular weight is 359 g/mol. The van der Waals surface area contributed by atoms with Crippen LogP contribution in [-0.2, 0) is 25.9 Å². The van der Waals surface area contributed by atoms with E-state index in [0.29, 0.717) is 0 Å². The first-order chi connectivity index (χ1) is 13.3. The van der Waals surface area contributed by atoms with Crippen LogP contribution in [0, 0.1) is 0 Å². The van der Waals surface area contributed by atoms with E-state index in [1.807, 2.05) is 0 Å². The number of fused-ring (bicyclic) bond motifs is 4. The average Bonchev–Trinajstić information content (AvgIpc) is 3.16. The Morgan fingerprint density at radius 3 is 2.41 bits per heavy atom. The summed E-state index contributed by atoms with van der Waals surface area (Å²) in [4.78, 5) is 3.64. The lowest BCUT2D eigenvalue weighted by atomic mass is 9.96. The van der Waals surface area contributed by atoms with Crippen LogP contribution in [0.25, 0.3) is 11.3 Å². The molecule has 4 nitrogen and oxygen atoms in total. The molecule has 0 atom stereocenters. The van der Waals surface area contributed by atoms with Gasteiger partial charge in [-0.1, -0.05) is 24.3 Å². The molecule has 0 saturated heterocycles. The highest BCUT2D eigenvalue weighted by Crippen LogP contribution is 2.39. The number of nitrogens with one attached hydrogen (secondary N) is 1. The molecule has 4 heteroatoms. The summed E-state index contributed by atoms with van der Waals surface area (Å²) in [6.45, 7) is 1.88. The fourth-order valence-corrected chi connectivity index (χ4v) is 4.34. The predicted octanol–water partition coefficient (Wildman–Crippen LogP) is 2.35. The first-order valence-electron chi connectivity index (χ1n) is 9.40. The molecule has 0 amide bonds. The van der Waals surface area contributed by atoms with Gasteiger partial charge in [0.25, 0.3) is 0 Å². The van der Waals surface area contributed by atoms with Crippen LogP contribution in [0.4, 0.5) is 0 Å². The molecule has 0 saturated carbocycles. The van der Waals surface area contributed by atoms with E-state index in [9.17, 15) is 0 Å². The molecule has 5 rings (SSSR count). The number of nitrogens with zero attached hydrogens (tertiary/aromatic N) is 1. The van der Waals surface area contributed by atoms with Gasteiger partial charge in [-0.25, -0.2) is 4.99 Å². The Morgan fingerprint density at radius 1 is 0.852 bits per heavy atom. The Bertz CT molecular complexity index is 1060. The molecule has 0 bridgehead atoms. The van der Waals surface area contributed by atoms with Crippen LogP contribution in [0.5, 0.6) is 11.5 Å². The molecular weight excluding hydrogens is 336 g/mol. The second kappa shape index (κ2) is 6.31. The van der Waals surface area contributed by atoms with Crippen molar-refractivity contribution in [3.05, 3.63) is 70.9 Å². The van der Waals surface area contributed by atoms with Crippen molar-refractivity contribution >= 4 is 5.71 Å². The number of benzene rings is 2. The van der Waals surface area contributed by atoms with Gasteiger partial charge in [0.15, 0.2) is 18.0 Å². The SMILES string of the molecule is COc1cc2c(cc1OC)-c1ccc(C3=[NH+]Cc4ccccc4C3)n1CC2. The Hall–Kier alpha value is -3.01. The molecule has 2 aromatic carbocycles. The van der Waals surface area contributed by atoms with Gasteiger partial charge in [0, 0.05) is 23.4 Å². The van der Waals surface area contributed by atoms with Crippen LogP contribution >= 0.6 is 0 Å². The van der Waals surface area contributed by atoms with Crippen molar-refractivity contribution in [3.8, 4) is 22.8 Å². The highest BCUT2D eigenvalue weighted by Gasteiger charge is 2.26. The highest BCUT2D eigenvalue weighted by atomic mass is 16.5. The fraction of sp³-hybridized carbons (Fsp3) is 0.261. The predicted molar refractivity (Wildman–Crippen MR) is 106 cm³/mol. The molecule has 0 unspecified atom stereocenters. The summed E-state index contributed by atoms with van der Waals surface area (Å²) in [5.74, 6) is 1.58. The van der Waals surface area contributed by atoms with Crippen LogP contribution in [0.1, 0.15) is 22.4 Å². The maximum absolute atomic E-state index is 5.53. The number of rotatable bonds is 3. The second-order valence-corrected chi connectivity index (χ2v) is 7.15.